The van der Waals surface area contributed by atoms with Crippen molar-refractivity contribution in [3.05, 3.63) is 97.2 Å². The van der Waals surface area contributed by atoms with Crippen molar-refractivity contribution in [1.29, 1.82) is 0 Å². The van der Waals surface area contributed by atoms with Crippen molar-refractivity contribution in [2.75, 3.05) is 13.2 Å². The molecule has 6 nitrogen and oxygen atoms in total. The van der Waals surface area contributed by atoms with E-state index in [1.807, 2.05) is 60.8 Å². The molecule has 0 rings (SSSR count). The van der Waals surface area contributed by atoms with Crippen LogP contribution in [-0.4, -0.2) is 37.2 Å². The summed E-state index contributed by atoms with van der Waals surface area (Å²) in [4.78, 5) is 38.0. The normalized spacial score (nSPS) is 12.9. The molecule has 0 saturated carbocycles. The summed E-state index contributed by atoms with van der Waals surface area (Å²) in [6.07, 6.45) is 68.1. The molecule has 0 aromatic rings. The van der Waals surface area contributed by atoms with Gasteiger partial charge < -0.3 is 14.2 Å². The second kappa shape index (κ2) is 52.0. The van der Waals surface area contributed by atoms with Crippen molar-refractivity contribution < 1.29 is 28.6 Å². The Bertz CT molecular complexity index is 1300. The Balaban J connectivity index is 4.49. The molecule has 0 saturated heterocycles. The first kappa shape index (κ1) is 60.3. The van der Waals surface area contributed by atoms with Crippen LogP contribution in [0, 0.1) is 0 Å². The number of rotatable bonds is 46. The monoisotopic (exact) mass is 889 g/mol. The Kier molecular flexibility index (Phi) is 49.0. The molecule has 0 amide bonds. The third-order valence-corrected chi connectivity index (χ3v) is 11.0. The molecule has 0 aromatic carbocycles. The maximum Gasteiger partial charge on any atom is 0.306 e. The van der Waals surface area contributed by atoms with Crippen molar-refractivity contribution >= 4 is 17.9 Å². The summed E-state index contributed by atoms with van der Waals surface area (Å²) in [7, 11) is 0. The summed E-state index contributed by atoms with van der Waals surface area (Å²) < 4.78 is 16.8. The number of hydrogen-bond acceptors (Lipinski definition) is 6. The van der Waals surface area contributed by atoms with E-state index in [0.29, 0.717) is 19.3 Å². The standard InChI is InChI=1S/C58H96O6/c1-4-7-10-13-16-19-22-25-27-29-31-33-36-39-42-45-48-51-57(60)63-54-55(53-62-56(59)50-47-44-41-38-35-24-21-18-15-12-9-6-3)64-58(61)52-49-46-43-40-37-34-32-30-28-26-23-20-17-14-11-8-5-2/h7,10,13,16,18-19,21-22,25-29,31,33,36,55H,4-6,8-9,11-12,14-15,17,20,23-24,30,32,34-35,37-54H2,1-3H3/b10-7-,16-13-,21-18-,22-19-,27-25-,28-26-,31-29+,36-33-. The van der Waals surface area contributed by atoms with Gasteiger partial charge in [-0.3, -0.25) is 14.4 Å². The zero-order chi connectivity index (χ0) is 46.5. The molecular weight excluding hydrogens is 793 g/mol. The van der Waals surface area contributed by atoms with Crippen LogP contribution in [-0.2, 0) is 28.6 Å². The van der Waals surface area contributed by atoms with E-state index in [-0.39, 0.29) is 31.1 Å². The molecule has 1 atom stereocenters. The summed E-state index contributed by atoms with van der Waals surface area (Å²) in [5.74, 6) is -0.959. The number of unbranched alkanes of at least 4 members (excludes halogenated alkanes) is 24. The van der Waals surface area contributed by atoms with E-state index >= 15 is 0 Å². The zero-order valence-corrected chi connectivity index (χ0v) is 41.5. The fraction of sp³-hybridized carbons (Fsp3) is 0.672. The highest BCUT2D eigenvalue weighted by Crippen LogP contribution is 2.14. The smallest absolute Gasteiger partial charge is 0.306 e. The minimum absolute atomic E-state index is 0.0990. The van der Waals surface area contributed by atoms with Crippen LogP contribution in [0.15, 0.2) is 97.2 Å². The Labute approximate surface area is 394 Å². The predicted molar refractivity (Wildman–Crippen MR) is 274 cm³/mol. The fourth-order valence-corrected chi connectivity index (χ4v) is 6.99. The number of carbonyl (C=O) groups is 3. The Morgan fingerprint density at radius 2 is 0.625 bits per heavy atom. The predicted octanol–water partition coefficient (Wildman–Crippen LogP) is 17.4. The van der Waals surface area contributed by atoms with Crippen LogP contribution < -0.4 is 0 Å². The number of carbonyl (C=O) groups excluding carboxylic acids is 3. The van der Waals surface area contributed by atoms with Crippen LogP contribution >= 0.6 is 0 Å². The zero-order valence-electron chi connectivity index (χ0n) is 41.5. The summed E-state index contributed by atoms with van der Waals surface area (Å²) in [6.45, 7) is 6.41. The molecular formula is C58H96O6. The Morgan fingerprint density at radius 1 is 0.328 bits per heavy atom. The highest BCUT2D eigenvalue weighted by molar-refractivity contribution is 5.71. The lowest BCUT2D eigenvalue weighted by Gasteiger charge is -2.18. The van der Waals surface area contributed by atoms with E-state index < -0.39 is 6.10 Å². The van der Waals surface area contributed by atoms with E-state index in [4.69, 9.17) is 14.2 Å². The molecule has 0 bridgehead atoms. The maximum atomic E-state index is 12.8. The molecule has 6 heteroatoms. The molecule has 0 N–H and O–H groups in total. The molecule has 0 heterocycles. The average molecular weight is 889 g/mol. The van der Waals surface area contributed by atoms with Crippen molar-refractivity contribution in [2.45, 2.75) is 239 Å². The summed E-state index contributed by atoms with van der Waals surface area (Å²) in [6, 6.07) is 0. The summed E-state index contributed by atoms with van der Waals surface area (Å²) in [5, 5.41) is 0. The van der Waals surface area contributed by atoms with Crippen LogP contribution in [0.4, 0.5) is 0 Å². The topological polar surface area (TPSA) is 78.9 Å². The maximum absolute atomic E-state index is 12.8. The van der Waals surface area contributed by atoms with Crippen LogP contribution in [0.1, 0.15) is 233 Å². The Morgan fingerprint density at radius 3 is 1.05 bits per heavy atom. The number of esters is 3. The molecule has 1 unspecified atom stereocenters. The molecule has 64 heavy (non-hydrogen) atoms. The first-order valence-electron chi connectivity index (χ1n) is 26.3. The van der Waals surface area contributed by atoms with Gasteiger partial charge in [0.05, 0.1) is 0 Å². The molecule has 0 aromatic heterocycles. The van der Waals surface area contributed by atoms with E-state index in [2.05, 4.69) is 57.2 Å². The summed E-state index contributed by atoms with van der Waals surface area (Å²) >= 11 is 0. The largest absolute Gasteiger partial charge is 0.462 e. The van der Waals surface area contributed by atoms with E-state index in [1.54, 1.807) is 0 Å². The molecule has 0 spiro atoms. The third kappa shape index (κ3) is 49.3. The molecule has 0 aliphatic heterocycles. The lowest BCUT2D eigenvalue weighted by atomic mass is 10.1. The molecule has 0 radical (unpaired) electrons. The molecule has 364 valence electrons. The van der Waals surface area contributed by atoms with Gasteiger partial charge in [0, 0.05) is 19.3 Å². The Hall–Kier alpha value is -3.67. The molecule has 0 fully saturated rings. The SMILES string of the molecule is CC\C=C/C=C\C=C/C=C\C=C\C=C/CCCCCC(=O)OCC(COC(=O)CCCCCCC/C=C\CCCCC)OC(=O)CCCCCCCCC/C=C\CCCCCCCC. The first-order valence-corrected chi connectivity index (χ1v) is 26.3. The average Bonchev–Trinajstić information content (AvgIpc) is 3.29. The van der Waals surface area contributed by atoms with E-state index in [9.17, 15) is 14.4 Å². The van der Waals surface area contributed by atoms with Crippen LogP contribution in [0.25, 0.3) is 0 Å². The highest BCUT2D eigenvalue weighted by Gasteiger charge is 2.19. The van der Waals surface area contributed by atoms with Crippen LogP contribution in [0.5, 0.6) is 0 Å². The lowest BCUT2D eigenvalue weighted by Crippen LogP contribution is -2.30. The van der Waals surface area contributed by atoms with Gasteiger partial charge in [0.1, 0.15) is 13.2 Å². The van der Waals surface area contributed by atoms with Gasteiger partial charge in [0.2, 0.25) is 0 Å². The van der Waals surface area contributed by atoms with Gasteiger partial charge in [-0.2, -0.15) is 0 Å². The van der Waals surface area contributed by atoms with E-state index in [0.717, 1.165) is 83.5 Å². The second-order valence-corrected chi connectivity index (χ2v) is 17.2. The van der Waals surface area contributed by atoms with Crippen LogP contribution in [0.3, 0.4) is 0 Å². The quantitative estimate of drug-likeness (QED) is 0.0199. The molecule has 0 aliphatic carbocycles. The van der Waals surface area contributed by atoms with Crippen LogP contribution in [0.2, 0.25) is 0 Å². The number of allylic oxidation sites excluding steroid dienone is 16. The van der Waals surface area contributed by atoms with Gasteiger partial charge in [-0.15, -0.1) is 0 Å². The molecule has 0 aliphatic rings. The van der Waals surface area contributed by atoms with Gasteiger partial charge in [0.25, 0.3) is 0 Å². The lowest BCUT2D eigenvalue weighted by molar-refractivity contribution is -0.167. The van der Waals surface area contributed by atoms with Crippen molar-refractivity contribution in [3.63, 3.8) is 0 Å². The third-order valence-electron chi connectivity index (χ3n) is 11.0. The summed E-state index contributed by atoms with van der Waals surface area (Å²) in [5.41, 5.74) is 0. The van der Waals surface area contributed by atoms with E-state index in [1.165, 1.54) is 109 Å². The van der Waals surface area contributed by atoms with Crippen molar-refractivity contribution in [1.82, 2.24) is 0 Å². The van der Waals surface area contributed by atoms with Gasteiger partial charge in [0.15, 0.2) is 6.10 Å². The van der Waals surface area contributed by atoms with Crippen molar-refractivity contribution in [3.8, 4) is 0 Å². The van der Waals surface area contributed by atoms with Gasteiger partial charge in [-0.1, -0.05) is 221 Å². The van der Waals surface area contributed by atoms with Gasteiger partial charge >= 0.3 is 17.9 Å². The van der Waals surface area contributed by atoms with Crippen molar-refractivity contribution in [2.24, 2.45) is 0 Å². The highest BCUT2D eigenvalue weighted by atomic mass is 16.6. The fourth-order valence-electron chi connectivity index (χ4n) is 6.99. The first-order chi connectivity index (χ1) is 31.5. The minimum atomic E-state index is -0.802. The number of ether oxygens (including phenoxy) is 3. The van der Waals surface area contributed by atoms with Gasteiger partial charge in [-0.25, -0.2) is 0 Å². The van der Waals surface area contributed by atoms with Gasteiger partial charge in [-0.05, 0) is 89.9 Å². The minimum Gasteiger partial charge on any atom is -0.462 e. The second-order valence-electron chi connectivity index (χ2n) is 17.2. The number of hydrogen-bond donors (Lipinski definition) is 0.